The lowest BCUT2D eigenvalue weighted by Crippen LogP contribution is -2.06. The number of carbonyl (C=O) groups excluding carboxylic acids is 1. The van der Waals surface area contributed by atoms with Gasteiger partial charge in [-0.05, 0) is 24.3 Å². The minimum absolute atomic E-state index is 0.0606. The van der Waals surface area contributed by atoms with Crippen molar-refractivity contribution in [3.8, 4) is 5.75 Å². The number of hydrogen-bond acceptors (Lipinski definition) is 3. The molecular weight excluding hydrogens is 262 g/mol. The zero-order chi connectivity index (χ0) is 13.8. The molecule has 0 aliphatic rings. The van der Waals surface area contributed by atoms with Crippen LogP contribution in [0, 0.1) is 0 Å². The number of methoxy groups -OCH3 is 1. The molecule has 2 rings (SSSR count). The van der Waals surface area contributed by atoms with Crippen molar-refractivity contribution in [2.24, 2.45) is 0 Å². The zero-order valence-corrected chi connectivity index (χ0v) is 11.3. The van der Waals surface area contributed by atoms with Gasteiger partial charge in [0, 0.05) is 23.2 Å². The first-order chi connectivity index (χ1) is 9.11. The Bertz CT molecular complexity index is 611. The van der Waals surface area contributed by atoms with Gasteiger partial charge in [-0.25, -0.2) is 0 Å². The molecule has 0 fully saturated rings. The molecule has 0 unspecified atom stereocenters. The fourth-order valence-corrected chi connectivity index (χ4v) is 2.17. The Kier molecular flexibility index (Phi) is 4.07. The molecule has 0 heterocycles. The van der Waals surface area contributed by atoms with Gasteiger partial charge >= 0.3 is 0 Å². The van der Waals surface area contributed by atoms with Crippen molar-refractivity contribution in [3.05, 3.63) is 58.6 Å². The standard InChI is InChI=1S/C15H14ClNO2/c1-19-15-5-3-2-4-10(15)8-14(18)12-7-6-11(17)9-13(12)16/h2-7,9H,8,17H2,1H3. The molecule has 0 spiro atoms. The van der Waals surface area contributed by atoms with Gasteiger partial charge in [0.1, 0.15) is 5.75 Å². The highest BCUT2D eigenvalue weighted by molar-refractivity contribution is 6.34. The number of halogens is 1. The van der Waals surface area contributed by atoms with E-state index in [1.807, 2.05) is 24.3 Å². The lowest BCUT2D eigenvalue weighted by molar-refractivity contribution is 0.0992. The summed E-state index contributed by atoms with van der Waals surface area (Å²) in [6.07, 6.45) is 0.244. The summed E-state index contributed by atoms with van der Waals surface area (Å²) in [6, 6.07) is 12.3. The van der Waals surface area contributed by atoms with Crippen LogP contribution < -0.4 is 10.5 Å². The normalized spacial score (nSPS) is 10.2. The third-order valence-electron chi connectivity index (χ3n) is 2.84. The number of ketones is 1. The monoisotopic (exact) mass is 275 g/mol. The van der Waals surface area contributed by atoms with Gasteiger partial charge in [-0.15, -0.1) is 0 Å². The highest BCUT2D eigenvalue weighted by Crippen LogP contribution is 2.23. The number of carbonyl (C=O) groups is 1. The Hall–Kier alpha value is -2.00. The summed E-state index contributed by atoms with van der Waals surface area (Å²) in [5.41, 5.74) is 7.46. The summed E-state index contributed by atoms with van der Waals surface area (Å²) in [6.45, 7) is 0. The average molecular weight is 276 g/mol. The summed E-state index contributed by atoms with van der Waals surface area (Å²) in [7, 11) is 1.58. The van der Waals surface area contributed by atoms with Crippen LogP contribution in [0.5, 0.6) is 5.75 Å². The lowest BCUT2D eigenvalue weighted by atomic mass is 10.0. The van der Waals surface area contributed by atoms with E-state index in [-0.39, 0.29) is 12.2 Å². The Morgan fingerprint density at radius 2 is 2.00 bits per heavy atom. The van der Waals surface area contributed by atoms with E-state index < -0.39 is 0 Å². The number of benzene rings is 2. The molecule has 0 saturated heterocycles. The molecule has 2 N–H and O–H groups in total. The summed E-state index contributed by atoms with van der Waals surface area (Å²) in [5, 5.41) is 0.375. The van der Waals surface area contributed by atoms with E-state index in [9.17, 15) is 4.79 Å². The Balaban J connectivity index is 2.26. The van der Waals surface area contributed by atoms with Crippen LogP contribution in [0.15, 0.2) is 42.5 Å². The molecule has 0 aliphatic heterocycles. The largest absolute Gasteiger partial charge is 0.496 e. The van der Waals surface area contributed by atoms with Crippen molar-refractivity contribution in [3.63, 3.8) is 0 Å². The first kappa shape index (κ1) is 13.4. The highest BCUT2D eigenvalue weighted by Gasteiger charge is 2.13. The third-order valence-corrected chi connectivity index (χ3v) is 3.15. The van der Waals surface area contributed by atoms with Gasteiger partial charge in [-0.1, -0.05) is 29.8 Å². The molecular formula is C15H14ClNO2. The molecule has 0 bridgehead atoms. The molecule has 19 heavy (non-hydrogen) atoms. The predicted octanol–water partition coefficient (Wildman–Crippen LogP) is 3.36. The smallest absolute Gasteiger partial charge is 0.168 e. The minimum Gasteiger partial charge on any atom is -0.496 e. The van der Waals surface area contributed by atoms with Crippen LogP contribution >= 0.6 is 11.6 Å². The molecule has 2 aromatic carbocycles. The van der Waals surface area contributed by atoms with Gasteiger partial charge in [0.05, 0.1) is 12.1 Å². The predicted molar refractivity (Wildman–Crippen MR) is 76.9 cm³/mol. The number of hydrogen-bond donors (Lipinski definition) is 1. The van der Waals surface area contributed by atoms with Crippen LogP contribution in [0.3, 0.4) is 0 Å². The molecule has 0 radical (unpaired) electrons. The first-order valence-corrected chi connectivity index (χ1v) is 6.19. The number of ether oxygens (including phenoxy) is 1. The zero-order valence-electron chi connectivity index (χ0n) is 10.5. The van der Waals surface area contributed by atoms with Crippen molar-refractivity contribution in [2.75, 3.05) is 12.8 Å². The second-order valence-electron chi connectivity index (χ2n) is 4.15. The summed E-state index contributed by atoms with van der Waals surface area (Å²) >= 11 is 6.03. The van der Waals surface area contributed by atoms with E-state index in [4.69, 9.17) is 22.1 Å². The number of nitrogens with two attached hydrogens (primary N) is 1. The molecule has 0 aromatic heterocycles. The van der Waals surface area contributed by atoms with Crippen molar-refractivity contribution in [1.29, 1.82) is 0 Å². The quantitative estimate of drug-likeness (QED) is 0.688. The summed E-state index contributed by atoms with van der Waals surface area (Å²) in [5.74, 6) is 0.636. The number of para-hydroxylation sites is 1. The van der Waals surface area contributed by atoms with E-state index >= 15 is 0 Å². The fourth-order valence-electron chi connectivity index (χ4n) is 1.87. The van der Waals surface area contributed by atoms with E-state index in [1.54, 1.807) is 25.3 Å². The fraction of sp³-hybridized carbons (Fsp3) is 0.133. The average Bonchev–Trinajstić information content (AvgIpc) is 2.39. The summed E-state index contributed by atoms with van der Waals surface area (Å²) < 4.78 is 5.23. The summed E-state index contributed by atoms with van der Waals surface area (Å²) in [4.78, 5) is 12.2. The number of rotatable bonds is 4. The molecule has 0 saturated carbocycles. The van der Waals surface area contributed by atoms with E-state index in [2.05, 4.69) is 0 Å². The van der Waals surface area contributed by atoms with Gasteiger partial charge in [0.2, 0.25) is 0 Å². The van der Waals surface area contributed by atoms with Crippen LogP contribution in [0.1, 0.15) is 15.9 Å². The van der Waals surface area contributed by atoms with Crippen molar-refractivity contribution < 1.29 is 9.53 Å². The maximum atomic E-state index is 12.2. The van der Waals surface area contributed by atoms with Crippen molar-refractivity contribution in [2.45, 2.75) is 6.42 Å². The van der Waals surface area contributed by atoms with Crippen LogP contribution in [0.2, 0.25) is 5.02 Å². The maximum absolute atomic E-state index is 12.2. The molecule has 4 heteroatoms. The SMILES string of the molecule is COc1ccccc1CC(=O)c1ccc(N)cc1Cl. The van der Waals surface area contributed by atoms with Crippen molar-refractivity contribution in [1.82, 2.24) is 0 Å². The second kappa shape index (κ2) is 5.76. The first-order valence-electron chi connectivity index (χ1n) is 5.82. The van der Waals surface area contributed by atoms with Gasteiger partial charge < -0.3 is 10.5 Å². The van der Waals surface area contributed by atoms with Gasteiger partial charge in [0.15, 0.2) is 5.78 Å². The number of Topliss-reactive ketones (excluding diaryl/α,β-unsaturated/α-hetero) is 1. The number of nitrogen functional groups attached to an aromatic ring is 1. The third kappa shape index (κ3) is 3.06. The van der Waals surface area contributed by atoms with Crippen LogP contribution in [0.25, 0.3) is 0 Å². The molecule has 98 valence electrons. The topological polar surface area (TPSA) is 52.3 Å². The van der Waals surface area contributed by atoms with E-state index in [1.165, 1.54) is 0 Å². The van der Waals surface area contributed by atoms with Crippen LogP contribution in [-0.4, -0.2) is 12.9 Å². The van der Waals surface area contributed by atoms with Crippen LogP contribution in [-0.2, 0) is 6.42 Å². The Labute approximate surface area is 117 Å². The van der Waals surface area contributed by atoms with Gasteiger partial charge in [-0.3, -0.25) is 4.79 Å². The van der Waals surface area contributed by atoms with E-state index in [0.717, 1.165) is 5.56 Å². The highest BCUT2D eigenvalue weighted by atomic mass is 35.5. The molecule has 0 aliphatic carbocycles. The van der Waals surface area contributed by atoms with Crippen LogP contribution in [0.4, 0.5) is 5.69 Å². The van der Waals surface area contributed by atoms with Gasteiger partial charge in [0.25, 0.3) is 0 Å². The Morgan fingerprint density at radius 3 is 2.68 bits per heavy atom. The molecule has 3 nitrogen and oxygen atoms in total. The van der Waals surface area contributed by atoms with Gasteiger partial charge in [-0.2, -0.15) is 0 Å². The second-order valence-corrected chi connectivity index (χ2v) is 4.56. The van der Waals surface area contributed by atoms with E-state index in [0.29, 0.717) is 22.0 Å². The maximum Gasteiger partial charge on any atom is 0.168 e. The van der Waals surface area contributed by atoms with Crippen molar-refractivity contribution >= 4 is 23.1 Å². The molecule has 0 atom stereocenters. The molecule has 0 amide bonds. The lowest BCUT2D eigenvalue weighted by Gasteiger charge is -2.08. The molecule has 2 aromatic rings. The Morgan fingerprint density at radius 1 is 1.26 bits per heavy atom. The minimum atomic E-state index is -0.0606. The number of anilines is 1.